The van der Waals surface area contributed by atoms with Crippen LogP contribution >= 0.6 is 0 Å². The first-order valence-electron chi connectivity index (χ1n) is 13.2. The van der Waals surface area contributed by atoms with Crippen LogP contribution < -0.4 is 0 Å². The molecule has 0 saturated heterocycles. The largest absolute Gasteiger partial charge is 0.465 e. The smallest absolute Gasteiger partial charge is 0.416 e. The van der Waals surface area contributed by atoms with Gasteiger partial charge in [-0.2, -0.15) is 13.2 Å². The van der Waals surface area contributed by atoms with Gasteiger partial charge in [0.15, 0.2) is 0 Å². The summed E-state index contributed by atoms with van der Waals surface area (Å²) in [6.07, 6.45) is 7.57. The van der Waals surface area contributed by atoms with Gasteiger partial charge in [-0.25, -0.2) is 4.79 Å². The topological polar surface area (TPSA) is 38.7 Å². The lowest BCUT2D eigenvalue weighted by atomic mass is 9.87. The van der Waals surface area contributed by atoms with Crippen molar-refractivity contribution < 1.29 is 22.7 Å². The van der Waals surface area contributed by atoms with Gasteiger partial charge in [-0.15, -0.1) is 0 Å². The molecule has 0 radical (unpaired) electrons. The third-order valence-electron chi connectivity index (χ3n) is 7.07. The normalized spacial score (nSPS) is 20.9. The summed E-state index contributed by atoms with van der Waals surface area (Å²) in [5.41, 5.74) is 5.56. The molecule has 2 aliphatic rings. The highest BCUT2D eigenvalue weighted by Crippen LogP contribution is 2.36. The molecule has 0 aliphatic heterocycles. The number of hydrogen-bond donors (Lipinski definition) is 0. The molecule has 200 valence electrons. The van der Waals surface area contributed by atoms with Crippen molar-refractivity contribution in [3.8, 4) is 0 Å². The number of methoxy groups -OCH3 is 1. The van der Waals surface area contributed by atoms with E-state index < -0.39 is 11.7 Å². The summed E-state index contributed by atoms with van der Waals surface area (Å²) in [5.74, 6) is -0.195. The summed E-state index contributed by atoms with van der Waals surface area (Å²) >= 11 is 0. The van der Waals surface area contributed by atoms with E-state index in [-0.39, 0.29) is 11.9 Å². The fourth-order valence-corrected chi connectivity index (χ4v) is 5.16. The van der Waals surface area contributed by atoms with E-state index in [4.69, 9.17) is 9.73 Å². The van der Waals surface area contributed by atoms with Crippen LogP contribution in [0.4, 0.5) is 13.2 Å². The molecule has 3 nitrogen and oxygen atoms in total. The molecule has 2 aliphatic carbocycles. The van der Waals surface area contributed by atoms with Crippen molar-refractivity contribution in [1.82, 2.24) is 0 Å². The highest BCUT2D eigenvalue weighted by Gasteiger charge is 2.35. The molecule has 3 rings (SSSR count). The van der Waals surface area contributed by atoms with Gasteiger partial charge in [-0.1, -0.05) is 63.6 Å². The maximum Gasteiger partial charge on any atom is 0.416 e. The van der Waals surface area contributed by atoms with Gasteiger partial charge in [0.25, 0.3) is 0 Å². The molecule has 2 atom stereocenters. The Bertz CT molecular complexity index is 1150. The SMILES string of the molecule is CCC/C=C(\C(=O)OC)c1cccc(C)c1CC1CC=C(N=C(CC)C2=CC(C(F)(F)F)=CC(C)C2)C1. The maximum atomic E-state index is 13.4. The summed E-state index contributed by atoms with van der Waals surface area (Å²) in [6.45, 7) is 7.89. The van der Waals surface area contributed by atoms with Gasteiger partial charge >= 0.3 is 12.1 Å². The summed E-state index contributed by atoms with van der Waals surface area (Å²) in [5, 5.41) is 0. The molecular formula is C31H38F3NO2. The number of benzene rings is 1. The predicted octanol–water partition coefficient (Wildman–Crippen LogP) is 8.49. The minimum atomic E-state index is -4.35. The van der Waals surface area contributed by atoms with Crippen LogP contribution in [0.15, 0.2) is 64.3 Å². The third-order valence-corrected chi connectivity index (χ3v) is 7.07. The fraction of sp³-hybridized carbons (Fsp3) is 0.484. The van der Waals surface area contributed by atoms with Crippen LogP contribution in [-0.2, 0) is 16.0 Å². The average Bonchev–Trinajstić information content (AvgIpc) is 3.30. The molecule has 6 heteroatoms. The molecule has 0 N–H and O–H groups in total. The minimum absolute atomic E-state index is 0.178. The lowest BCUT2D eigenvalue weighted by Crippen LogP contribution is -2.18. The zero-order valence-corrected chi connectivity index (χ0v) is 22.5. The Balaban J connectivity index is 1.81. The van der Waals surface area contributed by atoms with E-state index in [2.05, 4.69) is 26.0 Å². The highest BCUT2D eigenvalue weighted by atomic mass is 19.4. The third kappa shape index (κ3) is 7.33. The Morgan fingerprint density at radius 2 is 1.97 bits per heavy atom. The first-order valence-corrected chi connectivity index (χ1v) is 13.2. The van der Waals surface area contributed by atoms with Gasteiger partial charge in [-0.05, 0) is 85.6 Å². The van der Waals surface area contributed by atoms with Crippen molar-refractivity contribution in [2.45, 2.75) is 78.8 Å². The molecule has 0 aromatic heterocycles. The van der Waals surface area contributed by atoms with Crippen molar-refractivity contribution in [2.24, 2.45) is 16.8 Å². The van der Waals surface area contributed by atoms with Crippen molar-refractivity contribution in [1.29, 1.82) is 0 Å². The summed E-state index contributed by atoms with van der Waals surface area (Å²) in [4.78, 5) is 17.4. The van der Waals surface area contributed by atoms with E-state index in [0.29, 0.717) is 29.9 Å². The van der Waals surface area contributed by atoms with Crippen molar-refractivity contribution >= 4 is 17.3 Å². The molecule has 0 saturated carbocycles. The van der Waals surface area contributed by atoms with E-state index in [1.807, 2.05) is 32.1 Å². The molecule has 2 unspecified atom stereocenters. The first-order chi connectivity index (χ1) is 17.6. The van der Waals surface area contributed by atoms with Gasteiger partial charge in [-0.3, -0.25) is 4.99 Å². The Labute approximate surface area is 218 Å². The molecular weight excluding hydrogens is 475 g/mol. The van der Waals surface area contributed by atoms with Gasteiger partial charge in [0.2, 0.25) is 0 Å². The molecule has 1 aromatic rings. The number of aliphatic imine (C=N–C) groups is 1. The monoisotopic (exact) mass is 513 g/mol. The number of halogens is 3. The quantitative estimate of drug-likeness (QED) is 0.189. The fourth-order valence-electron chi connectivity index (χ4n) is 5.16. The average molecular weight is 514 g/mol. The highest BCUT2D eigenvalue weighted by molar-refractivity contribution is 6.16. The number of unbranched alkanes of at least 4 members (excludes halogenated alkanes) is 1. The van der Waals surface area contributed by atoms with Crippen molar-refractivity contribution in [3.63, 3.8) is 0 Å². The zero-order chi connectivity index (χ0) is 27.2. The second-order valence-electron chi connectivity index (χ2n) is 10.1. The number of aryl methyl sites for hydroxylation is 1. The van der Waals surface area contributed by atoms with Gasteiger partial charge < -0.3 is 4.74 Å². The minimum Gasteiger partial charge on any atom is -0.465 e. The molecule has 37 heavy (non-hydrogen) atoms. The number of hydrogen-bond acceptors (Lipinski definition) is 3. The van der Waals surface area contributed by atoms with E-state index in [1.54, 1.807) is 0 Å². The number of allylic oxidation sites excluding steroid dienone is 7. The second kappa shape index (κ2) is 12.6. The van der Waals surface area contributed by atoms with Crippen LogP contribution in [0.3, 0.4) is 0 Å². The van der Waals surface area contributed by atoms with Gasteiger partial charge in [0, 0.05) is 11.4 Å². The Morgan fingerprint density at radius 1 is 1.22 bits per heavy atom. The molecule has 1 aromatic carbocycles. The van der Waals surface area contributed by atoms with Crippen LogP contribution in [0.2, 0.25) is 0 Å². The predicted molar refractivity (Wildman–Crippen MR) is 144 cm³/mol. The second-order valence-corrected chi connectivity index (χ2v) is 10.1. The van der Waals surface area contributed by atoms with Crippen LogP contribution in [0.1, 0.15) is 76.0 Å². The Kier molecular flexibility index (Phi) is 9.74. The number of alkyl halides is 3. The maximum absolute atomic E-state index is 13.4. The van der Waals surface area contributed by atoms with Crippen LogP contribution in [0, 0.1) is 18.8 Å². The first kappa shape index (κ1) is 28.7. The standard InChI is InChI=1S/C31H38F3NO2/c1-6-8-11-27(30(36)37-5)26-12-9-10-21(4)28(26)18-22-13-14-25(17-22)35-29(7-2)23-15-20(3)16-24(19-23)31(32,33)34/h9-12,14,16,19-20,22H,6-8,13,15,17-18H2,1-5H3/b27-11-,35-29?. The summed E-state index contributed by atoms with van der Waals surface area (Å²) < 4.78 is 45.2. The number of esters is 1. The summed E-state index contributed by atoms with van der Waals surface area (Å²) in [6, 6.07) is 6.02. The van der Waals surface area contributed by atoms with E-state index >= 15 is 0 Å². The van der Waals surface area contributed by atoms with Gasteiger partial charge in [0.1, 0.15) is 0 Å². The molecule has 0 heterocycles. The number of nitrogens with zero attached hydrogens (tertiary/aromatic N) is 1. The van der Waals surface area contributed by atoms with E-state index in [0.717, 1.165) is 60.2 Å². The van der Waals surface area contributed by atoms with Crippen LogP contribution in [0.25, 0.3) is 5.57 Å². The molecule has 0 bridgehead atoms. The number of carbonyl (C=O) groups is 1. The number of rotatable bonds is 9. The zero-order valence-electron chi connectivity index (χ0n) is 22.5. The lowest BCUT2D eigenvalue weighted by Gasteiger charge is -2.21. The summed E-state index contributed by atoms with van der Waals surface area (Å²) in [7, 11) is 1.41. The Morgan fingerprint density at radius 3 is 2.62 bits per heavy atom. The van der Waals surface area contributed by atoms with E-state index in [1.165, 1.54) is 19.3 Å². The van der Waals surface area contributed by atoms with Crippen LogP contribution in [-0.4, -0.2) is 25.0 Å². The van der Waals surface area contributed by atoms with E-state index in [9.17, 15) is 18.0 Å². The lowest BCUT2D eigenvalue weighted by molar-refractivity contribution is -0.133. The number of carbonyl (C=O) groups excluding carboxylic acids is 1. The van der Waals surface area contributed by atoms with Gasteiger partial charge in [0.05, 0.1) is 18.3 Å². The van der Waals surface area contributed by atoms with Crippen LogP contribution in [0.5, 0.6) is 0 Å². The van der Waals surface area contributed by atoms with Crippen molar-refractivity contribution in [3.05, 3.63) is 76.0 Å². The van der Waals surface area contributed by atoms with Crippen molar-refractivity contribution in [2.75, 3.05) is 7.11 Å². The molecule has 0 fully saturated rings. The number of ether oxygens (including phenoxy) is 1. The molecule has 0 spiro atoms. The Hall–Kier alpha value is -2.89. The molecule has 0 amide bonds.